The first kappa shape index (κ1) is 20.6. The van der Waals surface area contributed by atoms with Crippen molar-refractivity contribution in [1.82, 2.24) is 5.32 Å². The Morgan fingerprint density at radius 1 is 1.07 bits per heavy atom. The summed E-state index contributed by atoms with van der Waals surface area (Å²) < 4.78 is 24.3. The Hall–Kier alpha value is -1.71. The van der Waals surface area contributed by atoms with Gasteiger partial charge in [0.1, 0.15) is 5.00 Å². The molecule has 1 atom stereocenters. The number of thiophene rings is 1. The summed E-state index contributed by atoms with van der Waals surface area (Å²) in [7, 11) is -3.08. The van der Waals surface area contributed by atoms with E-state index in [9.17, 15) is 18.0 Å². The zero-order chi connectivity index (χ0) is 20.6. The van der Waals surface area contributed by atoms with Crippen molar-refractivity contribution >= 4 is 53.9 Å². The summed E-state index contributed by atoms with van der Waals surface area (Å²) in [4.78, 5) is 26.9. The minimum absolute atomic E-state index is 0.0222. The Balaban J connectivity index is 1.60. The van der Waals surface area contributed by atoms with Crippen LogP contribution in [-0.4, -0.2) is 37.8 Å². The summed E-state index contributed by atoms with van der Waals surface area (Å²) in [6, 6.07) is 6.65. The molecule has 1 fully saturated rings. The van der Waals surface area contributed by atoms with Crippen molar-refractivity contribution in [3.63, 3.8) is 0 Å². The molecule has 1 aliphatic carbocycles. The van der Waals surface area contributed by atoms with Crippen LogP contribution in [0.1, 0.15) is 50.4 Å². The number of hydrogen-bond donors (Lipinski definition) is 2. The van der Waals surface area contributed by atoms with E-state index in [2.05, 4.69) is 26.6 Å². The van der Waals surface area contributed by atoms with Gasteiger partial charge in [-0.1, -0.05) is 15.9 Å². The predicted octanol–water partition coefficient (Wildman–Crippen LogP) is 3.56. The lowest BCUT2D eigenvalue weighted by Gasteiger charge is -2.15. The van der Waals surface area contributed by atoms with E-state index in [0.717, 1.165) is 40.6 Å². The SMILES string of the molecule is O=C(Nc1sc2c(c1C(=O)N[C@H]1CCS(=O)(=O)C1)CCCC2)c1ccc(Br)cc1. The van der Waals surface area contributed by atoms with E-state index in [-0.39, 0.29) is 29.4 Å². The number of aryl methyl sites for hydroxylation is 1. The summed E-state index contributed by atoms with van der Waals surface area (Å²) in [5.74, 6) is -0.482. The van der Waals surface area contributed by atoms with Gasteiger partial charge in [-0.2, -0.15) is 0 Å². The second-order valence-electron chi connectivity index (χ2n) is 7.45. The maximum atomic E-state index is 13.1. The molecular formula is C20H21BrN2O4S2. The van der Waals surface area contributed by atoms with Gasteiger partial charge in [-0.25, -0.2) is 8.42 Å². The Morgan fingerprint density at radius 2 is 1.79 bits per heavy atom. The Bertz CT molecular complexity index is 1060. The first-order valence-electron chi connectivity index (χ1n) is 9.55. The van der Waals surface area contributed by atoms with Crippen LogP contribution in [0.4, 0.5) is 5.00 Å². The highest BCUT2D eigenvalue weighted by molar-refractivity contribution is 9.10. The van der Waals surface area contributed by atoms with E-state index < -0.39 is 9.84 Å². The molecule has 154 valence electrons. The molecule has 2 aromatic rings. The van der Waals surface area contributed by atoms with Crippen molar-refractivity contribution in [2.75, 3.05) is 16.8 Å². The number of rotatable bonds is 4. The third-order valence-electron chi connectivity index (χ3n) is 5.30. The Morgan fingerprint density at radius 3 is 2.48 bits per heavy atom. The molecule has 1 saturated heterocycles. The third-order valence-corrected chi connectivity index (χ3v) is 8.80. The molecule has 1 aliphatic heterocycles. The third kappa shape index (κ3) is 4.57. The molecule has 0 radical (unpaired) electrons. The lowest BCUT2D eigenvalue weighted by atomic mass is 9.95. The van der Waals surface area contributed by atoms with E-state index in [1.165, 1.54) is 11.3 Å². The molecule has 1 aromatic heterocycles. The minimum atomic E-state index is -3.08. The summed E-state index contributed by atoms with van der Waals surface area (Å²) in [5.41, 5.74) is 2.00. The van der Waals surface area contributed by atoms with Gasteiger partial charge in [-0.15, -0.1) is 11.3 Å². The molecule has 2 aliphatic rings. The summed E-state index contributed by atoms with van der Waals surface area (Å²) in [6.45, 7) is 0. The van der Waals surface area contributed by atoms with Gasteiger partial charge < -0.3 is 10.6 Å². The van der Waals surface area contributed by atoms with Crippen LogP contribution in [0.25, 0.3) is 0 Å². The number of fused-ring (bicyclic) bond motifs is 1. The topological polar surface area (TPSA) is 92.3 Å². The monoisotopic (exact) mass is 496 g/mol. The van der Waals surface area contributed by atoms with Crippen molar-refractivity contribution in [2.24, 2.45) is 0 Å². The quantitative estimate of drug-likeness (QED) is 0.676. The van der Waals surface area contributed by atoms with Crippen molar-refractivity contribution in [3.05, 3.63) is 50.3 Å². The normalized spacial score (nSPS) is 20.1. The van der Waals surface area contributed by atoms with Crippen molar-refractivity contribution in [1.29, 1.82) is 0 Å². The number of hydrogen-bond acceptors (Lipinski definition) is 5. The van der Waals surface area contributed by atoms with Crippen molar-refractivity contribution in [2.45, 2.75) is 38.1 Å². The van der Waals surface area contributed by atoms with Gasteiger partial charge in [-0.05, 0) is 61.9 Å². The molecule has 0 saturated carbocycles. The minimum Gasteiger partial charge on any atom is -0.348 e. The van der Waals surface area contributed by atoms with Gasteiger partial charge in [0.05, 0.1) is 17.1 Å². The molecule has 29 heavy (non-hydrogen) atoms. The van der Waals surface area contributed by atoms with E-state index >= 15 is 0 Å². The molecule has 0 bridgehead atoms. The number of benzene rings is 1. The van der Waals surface area contributed by atoms with E-state index in [0.29, 0.717) is 22.5 Å². The van der Waals surface area contributed by atoms with Crippen LogP contribution in [0.15, 0.2) is 28.7 Å². The zero-order valence-electron chi connectivity index (χ0n) is 15.7. The fraction of sp³-hybridized carbons (Fsp3) is 0.400. The molecule has 0 spiro atoms. The first-order valence-corrected chi connectivity index (χ1v) is 13.0. The second kappa shape index (κ2) is 8.20. The second-order valence-corrected chi connectivity index (χ2v) is 11.7. The van der Waals surface area contributed by atoms with Crippen LogP contribution in [0, 0.1) is 0 Å². The van der Waals surface area contributed by atoms with Crippen LogP contribution in [0.3, 0.4) is 0 Å². The van der Waals surface area contributed by atoms with E-state index in [4.69, 9.17) is 0 Å². The van der Waals surface area contributed by atoms with Crippen LogP contribution in [0.5, 0.6) is 0 Å². The highest BCUT2D eigenvalue weighted by atomic mass is 79.9. The number of halogens is 1. The van der Waals surface area contributed by atoms with Gasteiger partial charge in [0, 0.05) is 21.0 Å². The van der Waals surface area contributed by atoms with E-state index in [1.807, 2.05) is 0 Å². The summed E-state index contributed by atoms with van der Waals surface area (Å²) in [5, 5.41) is 6.33. The van der Waals surface area contributed by atoms with Gasteiger partial charge >= 0.3 is 0 Å². The Kier molecular flexibility index (Phi) is 5.81. The maximum Gasteiger partial charge on any atom is 0.256 e. The summed E-state index contributed by atoms with van der Waals surface area (Å²) >= 11 is 4.81. The molecule has 6 nitrogen and oxygen atoms in total. The van der Waals surface area contributed by atoms with Crippen LogP contribution in [0.2, 0.25) is 0 Å². The number of carbonyl (C=O) groups excluding carboxylic acids is 2. The molecule has 0 unspecified atom stereocenters. The number of sulfone groups is 1. The first-order chi connectivity index (χ1) is 13.8. The fourth-order valence-electron chi connectivity index (χ4n) is 3.84. The molecule has 1 aromatic carbocycles. The molecule has 4 rings (SSSR count). The average Bonchev–Trinajstić information content (AvgIpc) is 3.21. The predicted molar refractivity (Wildman–Crippen MR) is 118 cm³/mol. The van der Waals surface area contributed by atoms with Gasteiger partial charge in [0.25, 0.3) is 11.8 Å². The number of nitrogens with one attached hydrogen (secondary N) is 2. The fourth-order valence-corrected chi connectivity index (χ4v) is 7.06. The lowest BCUT2D eigenvalue weighted by Crippen LogP contribution is -2.36. The zero-order valence-corrected chi connectivity index (χ0v) is 18.9. The highest BCUT2D eigenvalue weighted by Gasteiger charge is 2.32. The van der Waals surface area contributed by atoms with Crippen LogP contribution >= 0.6 is 27.3 Å². The Labute approximate surface area is 182 Å². The summed E-state index contributed by atoms with van der Waals surface area (Å²) in [6.07, 6.45) is 4.19. The van der Waals surface area contributed by atoms with Gasteiger partial charge in [0.2, 0.25) is 0 Å². The van der Waals surface area contributed by atoms with Crippen molar-refractivity contribution < 1.29 is 18.0 Å². The average molecular weight is 497 g/mol. The number of carbonyl (C=O) groups is 2. The largest absolute Gasteiger partial charge is 0.348 e. The smallest absolute Gasteiger partial charge is 0.256 e. The number of amides is 2. The van der Waals surface area contributed by atoms with E-state index in [1.54, 1.807) is 24.3 Å². The van der Waals surface area contributed by atoms with Crippen LogP contribution in [-0.2, 0) is 22.7 Å². The van der Waals surface area contributed by atoms with Crippen molar-refractivity contribution in [3.8, 4) is 0 Å². The highest BCUT2D eigenvalue weighted by Crippen LogP contribution is 2.38. The lowest BCUT2D eigenvalue weighted by molar-refractivity contribution is 0.0941. The van der Waals surface area contributed by atoms with Crippen LogP contribution < -0.4 is 10.6 Å². The van der Waals surface area contributed by atoms with Gasteiger partial charge in [-0.3, -0.25) is 9.59 Å². The molecule has 9 heteroatoms. The molecule has 2 amide bonds. The van der Waals surface area contributed by atoms with Gasteiger partial charge in [0.15, 0.2) is 9.84 Å². The molecular weight excluding hydrogens is 476 g/mol. The molecule has 2 heterocycles. The standard InChI is InChI=1S/C20H21BrN2O4S2/c21-13-7-5-12(6-8-13)18(24)23-20-17(15-3-1-2-4-16(15)28-20)19(25)22-14-9-10-29(26,27)11-14/h5-8,14H,1-4,9-11H2,(H,22,25)(H,23,24)/t14-/m0/s1. The maximum absolute atomic E-state index is 13.1. The molecule has 2 N–H and O–H groups in total. The number of anilines is 1.